The maximum absolute atomic E-state index is 13.2. The van der Waals surface area contributed by atoms with Gasteiger partial charge in [0, 0.05) is 11.1 Å². The number of hydrazone groups is 1. The van der Waals surface area contributed by atoms with Gasteiger partial charge in [0.2, 0.25) is 10.0 Å². The minimum absolute atomic E-state index is 0.190. The predicted octanol–water partition coefficient (Wildman–Crippen LogP) is 2.89. The summed E-state index contributed by atoms with van der Waals surface area (Å²) in [6, 6.07) is 23.7. The zero-order chi connectivity index (χ0) is 20.1. The first-order valence-electron chi connectivity index (χ1n) is 9.27. The lowest BCUT2D eigenvalue weighted by molar-refractivity contribution is 0.187. The quantitative estimate of drug-likeness (QED) is 0.700. The van der Waals surface area contributed by atoms with Gasteiger partial charge in [-0.05, 0) is 25.1 Å². The molecule has 3 aromatic rings. The molecule has 0 aliphatic carbocycles. The number of rotatable bonds is 4. The van der Waals surface area contributed by atoms with E-state index in [2.05, 4.69) is 15.2 Å². The Bertz CT molecular complexity index is 1210. The SMILES string of the molecule is Cc1ccc(S(=O)(=O)NC23NN=C(c4ccccc4)C2Oc2ccccc23)cc1. The normalized spacial score (nSPS) is 22.2. The second kappa shape index (κ2) is 6.43. The van der Waals surface area contributed by atoms with E-state index >= 15 is 0 Å². The van der Waals surface area contributed by atoms with E-state index in [-0.39, 0.29) is 4.90 Å². The zero-order valence-corrected chi connectivity index (χ0v) is 16.5. The fourth-order valence-corrected chi connectivity index (χ4v) is 5.08. The van der Waals surface area contributed by atoms with Gasteiger partial charge >= 0.3 is 0 Å². The molecule has 2 aliphatic rings. The number of aryl methyl sites for hydroxylation is 1. The maximum atomic E-state index is 13.2. The number of nitrogens with zero attached hydrogens (tertiary/aromatic N) is 1. The molecule has 0 spiro atoms. The Morgan fingerprint density at radius 3 is 2.41 bits per heavy atom. The van der Waals surface area contributed by atoms with Gasteiger partial charge in [-0.25, -0.2) is 8.42 Å². The number of sulfonamides is 1. The third-order valence-electron chi connectivity index (χ3n) is 5.25. The van der Waals surface area contributed by atoms with E-state index < -0.39 is 21.8 Å². The van der Waals surface area contributed by atoms with Crippen LogP contribution in [0.25, 0.3) is 0 Å². The molecule has 2 atom stereocenters. The van der Waals surface area contributed by atoms with E-state index in [9.17, 15) is 8.42 Å². The van der Waals surface area contributed by atoms with Gasteiger partial charge < -0.3 is 4.74 Å². The summed E-state index contributed by atoms with van der Waals surface area (Å²) in [7, 11) is -3.84. The van der Waals surface area contributed by atoms with E-state index in [0.717, 1.165) is 11.1 Å². The fraction of sp³-hybridized carbons (Fsp3) is 0.136. The number of benzene rings is 3. The molecule has 3 aromatic carbocycles. The highest BCUT2D eigenvalue weighted by molar-refractivity contribution is 7.89. The number of para-hydroxylation sites is 1. The first kappa shape index (κ1) is 17.9. The van der Waals surface area contributed by atoms with E-state index in [0.29, 0.717) is 17.0 Å². The highest BCUT2D eigenvalue weighted by Gasteiger charge is 2.57. The van der Waals surface area contributed by atoms with Crippen molar-refractivity contribution in [2.45, 2.75) is 23.6 Å². The molecule has 0 radical (unpaired) electrons. The van der Waals surface area contributed by atoms with Gasteiger partial charge in [0.15, 0.2) is 11.8 Å². The Hall–Kier alpha value is -3.16. The Morgan fingerprint density at radius 1 is 0.966 bits per heavy atom. The van der Waals surface area contributed by atoms with Crippen molar-refractivity contribution in [3.05, 3.63) is 95.6 Å². The summed E-state index contributed by atoms with van der Waals surface area (Å²) in [5, 5.41) is 4.47. The molecule has 0 fully saturated rings. The highest BCUT2D eigenvalue weighted by Crippen LogP contribution is 2.44. The van der Waals surface area contributed by atoms with E-state index in [1.807, 2.05) is 61.5 Å². The van der Waals surface area contributed by atoms with Crippen LogP contribution in [0.15, 0.2) is 88.9 Å². The summed E-state index contributed by atoms with van der Waals surface area (Å²) in [5.41, 5.74) is 5.04. The third kappa shape index (κ3) is 2.82. The third-order valence-corrected chi connectivity index (χ3v) is 6.73. The van der Waals surface area contributed by atoms with Crippen LogP contribution in [0.3, 0.4) is 0 Å². The monoisotopic (exact) mass is 405 g/mol. The second-order valence-electron chi connectivity index (χ2n) is 7.20. The molecule has 2 N–H and O–H groups in total. The predicted molar refractivity (Wildman–Crippen MR) is 110 cm³/mol. The lowest BCUT2D eigenvalue weighted by atomic mass is 9.93. The number of hydrogen-bond acceptors (Lipinski definition) is 5. The average Bonchev–Trinajstić information content (AvgIpc) is 3.22. The molecule has 0 saturated carbocycles. The second-order valence-corrected chi connectivity index (χ2v) is 8.88. The van der Waals surface area contributed by atoms with E-state index in [1.54, 1.807) is 24.3 Å². The molecule has 2 heterocycles. The lowest BCUT2D eigenvalue weighted by Crippen LogP contribution is -2.58. The summed E-state index contributed by atoms with van der Waals surface area (Å²) in [6.45, 7) is 1.91. The van der Waals surface area contributed by atoms with Gasteiger partial charge in [0.05, 0.1) is 4.90 Å². The van der Waals surface area contributed by atoms with Crippen LogP contribution in [-0.4, -0.2) is 20.2 Å². The Morgan fingerprint density at radius 2 is 1.66 bits per heavy atom. The molecule has 0 saturated heterocycles. The summed E-state index contributed by atoms with van der Waals surface area (Å²) < 4.78 is 35.5. The van der Waals surface area contributed by atoms with Crippen molar-refractivity contribution in [1.82, 2.24) is 10.1 Å². The summed E-state index contributed by atoms with van der Waals surface area (Å²) in [5.74, 6) is 0.625. The van der Waals surface area contributed by atoms with E-state index in [4.69, 9.17) is 4.74 Å². The molecule has 5 rings (SSSR count). The molecule has 0 aromatic heterocycles. The molecule has 2 aliphatic heterocycles. The highest BCUT2D eigenvalue weighted by atomic mass is 32.2. The van der Waals surface area contributed by atoms with Gasteiger partial charge in [0.25, 0.3) is 0 Å². The molecule has 29 heavy (non-hydrogen) atoms. The standard InChI is InChI=1S/C22H19N3O3S/c1-15-11-13-17(14-12-15)29(26,27)25-22-18-9-5-6-10-19(18)28-21(22)20(23-24-22)16-7-3-2-4-8-16/h2-14,21,24-25H,1H3. The van der Waals surface area contributed by atoms with Crippen molar-refractivity contribution < 1.29 is 13.2 Å². The zero-order valence-electron chi connectivity index (χ0n) is 15.7. The van der Waals surface area contributed by atoms with Crippen LogP contribution in [-0.2, 0) is 15.7 Å². The van der Waals surface area contributed by atoms with Gasteiger partial charge in [-0.2, -0.15) is 9.82 Å². The minimum Gasteiger partial charge on any atom is -0.479 e. The van der Waals surface area contributed by atoms with Crippen LogP contribution >= 0.6 is 0 Å². The van der Waals surface area contributed by atoms with Gasteiger partial charge in [-0.15, -0.1) is 0 Å². The molecular weight excluding hydrogens is 386 g/mol. The molecule has 146 valence electrons. The fourth-order valence-electron chi connectivity index (χ4n) is 3.78. The largest absolute Gasteiger partial charge is 0.479 e. The van der Waals surface area contributed by atoms with Crippen LogP contribution in [0.4, 0.5) is 0 Å². The number of fused-ring (bicyclic) bond motifs is 3. The maximum Gasteiger partial charge on any atom is 0.242 e. The number of ether oxygens (including phenoxy) is 1. The molecule has 0 amide bonds. The van der Waals surface area contributed by atoms with Crippen LogP contribution < -0.4 is 14.9 Å². The summed E-state index contributed by atoms with van der Waals surface area (Å²) in [6.07, 6.45) is -0.637. The summed E-state index contributed by atoms with van der Waals surface area (Å²) in [4.78, 5) is 0.190. The molecule has 7 heteroatoms. The smallest absolute Gasteiger partial charge is 0.242 e. The van der Waals surface area contributed by atoms with Crippen molar-refractivity contribution in [2.24, 2.45) is 5.10 Å². The van der Waals surface area contributed by atoms with Gasteiger partial charge in [-0.3, -0.25) is 5.43 Å². The van der Waals surface area contributed by atoms with Crippen molar-refractivity contribution in [3.63, 3.8) is 0 Å². The molecular formula is C22H19N3O3S. The van der Waals surface area contributed by atoms with Crippen molar-refractivity contribution >= 4 is 15.7 Å². The van der Waals surface area contributed by atoms with Crippen molar-refractivity contribution in [3.8, 4) is 5.75 Å². The molecule has 2 unspecified atom stereocenters. The molecule has 0 bridgehead atoms. The minimum atomic E-state index is -3.84. The average molecular weight is 405 g/mol. The Labute approximate surface area is 169 Å². The number of hydrogen-bond donors (Lipinski definition) is 2. The van der Waals surface area contributed by atoms with Gasteiger partial charge in [-0.1, -0.05) is 66.2 Å². The summed E-state index contributed by atoms with van der Waals surface area (Å²) >= 11 is 0. The van der Waals surface area contributed by atoms with Crippen LogP contribution in [0, 0.1) is 6.92 Å². The van der Waals surface area contributed by atoms with Crippen molar-refractivity contribution in [1.29, 1.82) is 0 Å². The Kier molecular flexibility index (Phi) is 3.97. The van der Waals surface area contributed by atoms with Crippen LogP contribution in [0.1, 0.15) is 16.7 Å². The Balaban J connectivity index is 1.59. The van der Waals surface area contributed by atoms with Gasteiger partial charge in [0.1, 0.15) is 11.5 Å². The van der Waals surface area contributed by atoms with Crippen LogP contribution in [0.2, 0.25) is 0 Å². The lowest BCUT2D eigenvalue weighted by Gasteiger charge is -2.29. The molecule has 6 nitrogen and oxygen atoms in total. The topological polar surface area (TPSA) is 79.8 Å². The number of nitrogens with one attached hydrogen (secondary N) is 2. The van der Waals surface area contributed by atoms with Crippen LogP contribution in [0.5, 0.6) is 5.75 Å². The van der Waals surface area contributed by atoms with E-state index in [1.165, 1.54) is 0 Å². The first-order chi connectivity index (χ1) is 14.0. The first-order valence-corrected chi connectivity index (χ1v) is 10.7. The van der Waals surface area contributed by atoms with Crippen molar-refractivity contribution in [2.75, 3.05) is 0 Å².